The van der Waals surface area contributed by atoms with Gasteiger partial charge in [-0.1, -0.05) is 170 Å². The summed E-state index contributed by atoms with van der Waals surface area (Å²) in [5, 5.41) is 4.60. The fourth-order valence-electron chi connectivity index (χ4n) is 8.29. The monoisotopic (exact) mass is 715 g/mol. The lowest BCUT2D eigenvalue weighted by Crippen LogP contribution is -2.06. The number of benzene rings is 8. The average molecular weight is 716 g/mol. The summed E-state index contributed by atoms with van der Waals surface area (Å²) in [7, 11) is 0. The van der Waals surface area contributed by atoms with Gasteiger partial charge in [0.25, 0.3) is 0 Å². The molecule has 11 rings (SSSR count). The molecule has 0 radical (unpaired) electrons. The molecular weight excluding hydrogens is 683 g/mol. The number of fused-ring (bicyclic) bond motifs is 6. The van der Waals surface area contributed by atoms with Gasteiger partial charge in [-0.3, -0.25) is 4.57 Å². The summed E-state index contributed by atoms with van der Waals surface area (Å²) >= 11 is 0. The van der Waals surface area contributed by atoms with Gasteiger partial charge >= 0.3 is 0 Å². The second kappa shape index (κ2) is 13.0. The van der Waals surface area contributed by atoms with Gasteiger partial charge in [-0.25, -0.2) is 4.98 Å². The van der Waals surface area contributed by atoms with Gasteiger partial charge in [0, 0.05) is 43.9 Å². The number of hydrogen-bond donors (Lipinski definition) is 0. The lowest BCUT2D eigenvalue weighted by atomic mass is 9.96. The molecule has 0 saturated carbocycles. The highest BCUT2D eigenvalue weighted by Gasteiger charge is 2.25. The Morgan fingerprint density at radius 3 is 1.45 bits per heavy atom. The molecule has 0 N–H and O–H groups in total. The van der Waals surface area contributed by atoms with Crippen LogP contribution in [0.1, 0.15) is 0 Å². The highest BCUT2D eigenvalue weighted by molar-refractivity contribution is 6.27. The molecule has 0 aliphatic heterocycles. The Labute approximate surface area is 323 Å². The number of para-hydroxylation sites is 2. The van der Waals surface area contributed by atoms with Crippen molar-refractivity contribution in [1.82, 2.24) is 24.1 Å². The molecule has 0 atom stereocenters. The Hall–Kier alpha value is -7.63. The summed E-state index contributed by atoms with van der Waals surface area (Å²) in [6, 6.07) is 70.4. The highest BCUT2D eigenvalue weighted by Crippen LogP contribution is 2.46. The van der Waals surface area contributed by atoms with Gasteiger partial charge < -0.3 is 4.57 Å². The summed E-state index contributed by atoms with van der Waals surface area (Å²) in [6.07, 6.45) is 0. The van der Waals surface area contributed by atoms with E-state index in [0.717, 1.165) is 66.2 Å². The minimum absolute atomic E-state index is 0.571. The molecule has 5 heteroatoms. The molecule has 0 aliphatic carbocycles. The quantitative estimate of drug-likeness (QED) is 0.172. The molecule has 0 fully saturated rings. The van der Waals surface area contributed by atoms with Crippen LogP contribution in [0.4, 0.5) is 0 Å². The van der Waals surface area contributed by atoms with Gasteiger partial charge in [0.05, 0.1) is 22.1 Å². The second-order valence-corrected chi connectivity index (χ2v) is 14.0. The zero-order valence-corrected chi connectivity index (χ0v) is 30.3. The van der Waals surface area contributed by atoms with E-state index in [-0.39, 0.29) is 0 Å². The SMILES string of the molecule is c1ccc(-c2cccc(-n3c4ccccc4c4cc5c(c(-c6ccccc6)c43)c3ccccc3n5-c3nc(-c4ccccc4)nc(-c4ccccc4)n3)c2)cc1. The Bertz CT molecular complexity index is 3160. The summed E-state index contributed by atoms with van der Waals surface area (Å²) in [5.74, 6) is 1.82. The predicted octanol–water partition coefficient (Wildman–Crippen LogP) is 12.7. The van der Waals surface area contributed by atoms with Crippen molar-refractivity contribution in [2.24, 2.45) is 0 Å². The van der Waals surface area contributed by atoms with E-state index in [1.807, 2.05) is 36.4 Å². The van der Waals surface area contributed by atoms with E-state index in [2.05, 4.69) is 173 Å². The number of rotatable bonds is 6. The number of nitrogens with zero attached hydrogens (tertiary/aromatic N) is 5. The maximum atomic E-state index is 5.24. The van der Waals surface area contributed by atoms with Crippen molar-refractivity contribution >= 4 is 43.6 Å². The third-order valence-corrected chi connectivity index (χ3v) is 10.8. The van der Waals surface area contributed by atoms with Crippen LogP contribution in [0.5, 0.6) is 0 Å². The predicted molar refractivity (Wildman–Crippen MR) is 230 cm³/mol. The summed E-state index contributed by atoms with van der Waals surface area (Å²) in [5.41, 5.74) is 12.0. The van der Waals surface area contributed by atoms with Crippen molar-refractivity contribution in [3.8, 4) is 56.7 Å². The van der Waals surface area contributed by atoms with Gasteiger partial charge in [-0.05, 0) is 47.0 Å². The van der Waals surface area contributed by atoms with Crippen molar-refractivity contribution in [2.75, 3.05) is 0 Å². The first-order valence-corrected chi connectivity index (χ1v) is 18.9. The van der Waals surface area contributed by atoms with Crippen LogP contribution >= 0.6 is 0 Å². The van der Waals surface area contributed by atoms with Crippen LogP contribution in [0.25, 0.3) is 100 Å². The van der Waals surface area contributed by atoms with Gasteiger partial charge in [0.15, 0.2) is 11.6 Å². The fourth-order valence-corrected chi connectivity index (χ4v) is 8.29. The van der Waals surface area contributed by atoms with Crippen LogP contribution in [-0.2, 0) is 0 Å². The summed E-state index contributed by atoms with van der Waals surface area (Å²) < 4.78 is 4.69. The zero-order chi connectivity index (χ0) is 37.0. The molecule has 0 saturated heterocycles. The standard InChI is InChI=1S/C51H33N5/c1-5-18-34(19-6-1)38-26-17-27-39(32-38)55-43-30-15-13-28-40(43)42-33-45-47(46(48(42)55)35-20-7-2-8-21-35)41-29-14-16-31-44(41)56(45)51-53-49(36-22-9-3-10-23-36)52-50(54-51)37-24-11-4-12-25-37/h1-33H. The molecule has 0 unspecified atom stereocenters. The summed E-state index contributed by atoms with van der Waals surface area (Å²) in [4.78, 5) is 15.5. The molecule has 8 aromatic carbocycles. The Morgan fingerprint density at radius 2 is 0.821 bits per heavy atom. The molecule has 5 nitrogen and oxygen atoms in total. The van der Waals surface area contributed by atoms with Crippen molar-refractivity contribution in [3.05, 3.63) is 200 Å². The molecule has 56 heavy (non-hydrogen) atoms. The first-order chi connectivity index (χ1) is 27.8. The van der Waals surface area contributed by atoms with Crippen LogP contribution in [-0.4, -0.2) is 24.1 Å². The number of hydrogen-bond acceptors (Lipinski definition) is 3. The molecule has 11 aromatic rings. The van der Waals surface area contributed by atoms with Crippen LogP contribution < -0.4 is 0 Å². The van der Waals surface area contributed by atoms with E-state index in [1.165, 1.54) is 16.5 Å². The molecule has 0 aliphatic rings. The van der Waals surface area contributed by atoms with E-state index < -0.39 is 0 Å². The van der Waals surface area contributed by atoms with Crippen LogP contribution in [0.3, 0.4) is 0 Å². The molecular formula is C51H33N5. The second-order valence-electron chi connectivity index (χ2n) is 14.0. The Morgan fingerprint density at radius 1 is 0.321 bits per heavy atom. The molecule has 3 aromatic heterocycles. The van der Waals surface area contributed by atoms with Gasteiger partial charge in [0.1, 0.15) is 0 Å². The average Bonchev–Trinajstić information content (AvgIpc) is 3.79. The molecule has 0 spiro atoms. The molecule has 0 amide bonds. The van der Waals surface area contributed by atoms with Crippen molar-refractivity contribution in [3.63, 3.8) is 0 Å². The van der Waals surface area contributed by atoms with E-state index >= 15 is 0 Å². The first kappa shape index (κ1) is 31.9. The third kappa shape index (κ3) is 5.13. The maximum Gasteiger partial charge on any atom is 0.238 e. The van der Waals surface area contributed by atoms with Crippen LogP contribution in [0, 0.1) is 0 Å². The zero-order valence-electron chi connectivity index (χ0n) is 30.3. The fraction of sp³-hybridized carbons (Fsp3) is 0. The third-order valence-electron chi connectivity index (χ3n) is 10.8. The topological polar surface area (TPSA) is 48.5 Å². The van der Waals surface area contributed by atoms with E-state index in [1.54, 1.807) is 0 Å². The largest absolute Gasteiger partial charge is 0.309 e. The molecule has 3 heterocycles. The normalized spacial score (nSPS) is 11.6. The smallest absolute Gasteiger partial charge is 0.238 e. The Kier molecular flexibility index (Phi) is 7.42. The number of aromatic nitrogens is 5. The Balaban J connectivity index is 1.30. The van der Waals surface area contributed by atoms with Crippen molar-refractivity contribution in [1.29, 1.82) is 0 Å². The minimum atomic E-state index is 0.571. The lowest BCUT2D eigenvalue weighted by molar-refractivity contribution is 0.954. The highest BCUT2D eigenvalue weighted by atomic mass is 15.2. The first-order valence-electron chi connectivity index (χ1n) is 18.9. The van der Waals surface area contributed by atoms with Crippen LogP contribution in [0.2, 0.25) is 0 Å². The van der Waals surface area contributed by atoms with Gasteiger partial charge in [-0.15, -0.1) is 0 Å². The van der Waals surface area contributed by atoms with E-state index in [4.69, 9.17) is 15.0 Å². The van der Waals surface area contributed by atoms with E-state index in [0.29, 0.717) is 17.6 Å². The molecule has 262 valence electrons. The van der Waals surface area contributed by atoms with Crippen LogP contribution in [0.15, 0.2) is 200 Å². The van der Waals surface area contributed by atoms with Gasteiger partial charge in [0.2, 0.25) is 5.95 Å². The van der Waals surface area contributed by atoms with E-state index in [9.17, 15) is 0 Å². The summed E-state index contributed by atoms with van der Waals surface area (Å²) in [6.45, 7) is 0. The molecule has 0 bridgehead atoms. The van der Waals surface area contributed by atoms with Gasteiger partial charge in [-0.2, -0.15) is 9.97 Å². The minimum Gasteiger partial charge on any atom is -0.309 e. The maximum absolute atomic E-state index is 5.24. The van der Waals surface area contributed by atoms with Crippen molar-refractivity contribution < 1.29 is 0 Å². The lowest BCUT2D eigenvalue weighted by Gasteiger charge is -2.15. The van der Waals surface area contributed by atoms with Crippen molar-refractivity contribution in [2.45, 2.75) is 0 Å².